The Hall–Kier alpha value is -2.54. The number of carbonyl (C=O) groups excluding carboxylic acids is 2. The van der Waals surface area contributed by atoms with Gasteiger partial charge in [0.05, 0.1) is 20.8 Å². The second-order valence-corrected chi connectivity index (χ2v) is 12.1. The number of hydrogen-bond acceptors (Lipinski definition) is 5. The van der Waals surface area contributed by atoms with Gasteiger partial charge in [0.2, 0.25) is 11.8 Å². The van der Waals surface area contributed by atoms with Gasteiger partial charge in [-0.15, -0.1) is 11.3 Å². The molecule has 0 atom stereocenters. The molecular weight excluding hydrogens is 508 g/mol. The highest BCUT2D eigenvalue weighted by Crippen LogP contribution is 2.28. The molecule has 0 radical (unpaired) electrons. The molecule has 1 saturated carbocycles. The zero-order valence-electron chi connectivity index (χ0n) is 24.5. The van der Waals surface area contributed by atoms with Crippen molar-refractivity contribution in [3.05, 3.63) is 45.6 Å². The van der Waals surface area contributed by atoms with Gasteiger partial charge in [0.15, 0.2) is 11.5 Å². The molecule has 0 aliphatic heterocycles. The first-order chi connectivity index (χ1) is 18.9. The standard InChI is InChI=1S/C32H48N2O4S/c1-5-6-7-8-12-15-31(35)34(27-13-10-9-11-14-27)24-32(36)33(23-28-18-16-25(2)39-28)21-20-26-17-19-29(37-3)30(22-26)38-4/h16-19,22,27H,5-15,20-21,23-24H2,1-4H3. The fourth-order valence-electron chi connectivity index (χ4n) is 5.43. The number of thiophene rings is 1. The van der Waals surface area contributed by atoms with Gasteiger partial charge in [-0.1, -0.05) is 57.9 Å². The number of methoxy groups -OCH3 is 2. The molecule has 216 valence electrons. The van der Waals surface area contributed by atoms with Crippen LogP contribution < -0.4 is 9.47 Å². The van der Waals surface area contributed by atoms with Crippen LogP contribution in [0.5, 0.6) is 11.5 Å². The number of benzene rings is 1. The third kappa shape index (κ3) is 9.86. The predicted molar refractivity (Wildman–Crippen MR) is 160 cm³/mol. The van der Waals surface area contributed by atoms with Crippen LogP contribution in [0.25, 0.3) is 0 Å². The Morgan fingerprint density at radius 1 is 0.923 bits per heavy atom. The van der Waals surface area contributed by atoms with E-state index in [-0.39, 0.29) is 24.4 Å². The minimum absolute atomic E-state index is 0.0337. The first-order valence-corrected chi connectivity index (χ1v) is 15.6. The van der Waals surface area contributed by atoms with E-state index in [9.17, 15) is 9.59 Å². The van der Waals surface area contributed by atoms with Gasteiger partial charge in [0, 0.05) is 28.8 Å². The highest BCUT2D eigenvalue weighted by molar-refractivity contribution is 7.11. The Kier molecular flexibility index (Phi) is 13.1. The minimum Gasteiger partial charge on any atom is -0.493 e. The molecule has 0 saturated heterocycles. The van der Waals surface area contributed by atoms with Crippen LogP contribution in [0.2, 0.25) is 0 Å². The molecule has 1 aromatic carbocycles. The summed E-state index contributed by atoms with van der Waals surface area (Å²) in [5.41, 5.74) is 1.08. The van der Waals surface area contributed by atoms with Gasteiger partial charge in [-0.2, -0.15) is 0 Å². The van der Waals surface area contributed by atoms with Gasteiger partial charge in [-0.25, -0.2) is 0 Å². The Morgan fingerprint density at radius 2 is 1.67 bits per heavy atom. The summed E-state index contributed by atoms with van der Waals surface area (Å²) in [6.45, 7) is 5.61. The lowest BCUT2D eigenvalue weighted by Gasteiger charge is -2.35. The molecule has 3 rings (SSSR count). The molecule has 1 aliphatic rings. The largest absolute Gasteiger partial charge is 0.493 e. The normalized spacial score (nSPS) is 13.7. The summed E-state index contributed by atoms with van der Waals surface area (Å²) >= 11 is 1.73. The topological polar surface area (TPSA) is 59.1 Å². The molecular formula is C32H48N2O4S. The zero-order valence-corrected chi connectivity index (χ0v) is 25.3. The van der Waals surface area contributed by atoms with Crippen LogP contribution in [0, 0.1) is 6.92 Å². The van der Waals surface area contributed by atoms with E-state index < -0.39 is 0 Å². The maximum Gasteiger partial charge on any atom is 0.242 e. The molecule has 6 nitrogen and oxygen atoms in total. The number of ether oxygens (including phenoxy) is 2. The van der Waals surface area contributed by atoms with Crippen LogP contribution in [0.3, 0.4) is 0 Å². The molecule has 1 heterocycles. The summed E-state index contributed by atoms with van der Waals surface area (Å²) in [7, 11) is 3.27. The summed E-state index contributed by atoms with van der Waals surface area (Å²) in [5.74, 6) is 1.57. The molecule has 39 heavy (non-hydrogen) atoms. The summed E-state index contributed by atoms with van der Waals surface area (Å²) in [5, 5.41) is 0. The molecule has 0 unspecified atom stereocenters. The maximum absolute atomic E-state index is 13.9. The summed E-state index contributed by atoms with van der Waals surface area (Å²) < 4.78 is 10.9. The predicted octanol–water partition coefficient (Wildman–Crippen LogP) is 7.17. The van der Waals surface area contributed by atoms with Crippen LogP contribution in [-0.2, 0) is 22.6 Å². The van der Waals surface area contributed by atoms with Gasteiger partial charge in [0.25, 0.3) is 0 Å². The van der Waals surface area contributed by atoms with E-state index in [0.29, 0.717) is 37.4 Å². The fourth-order valence-corrected chi connectivity index (χ4v) is 6.34. The van der Waals surface area contributed by atoms with Crippen molar-refractivity contribution in [2.75, 3.05) is 27.3 Å². The quantitative estimate of drug-likeness (QED) is 0.206. The van der Waals surface area contributed by atoms with Crippen molar-refractivity contribution in [2.24, 2.45) is 0 Å². The average Bonchev–Trinajstić information content (AvgIpc) is 3.38. The second-order valence-electron chi connectivity index (χ2n) is 10.7. The van der Waals surface area contributed by atoms with Crippen molar-refractivity contribution in [3.8, 4) is 11.5 Å². The van der Waals surface area contributed by atoms with Gasteiger partial charge in [0.1, 0.15) is 6.54 Å². The Bertz CT molecular complexity index is 1030. The molecule has 2 aromatic rings. The molecule has 7 heteroatoms. The molecule has 2 amide bonds. The van der Waals surface area contributed by atoms with Crippen LogP contribution in [-0.4, -0.2) is 55.0 Å². The molecule has 1 aliphatic carbocycles. The minimum atomic E-state index is 0.0337. The molecule has 0 spiro atoms. The van der Waals surface area contributed by atoms with Crippen molar-refractivity contribution in [1.82, 2.24) is 9.80 Å². The van der Waals surface area contributed by atoms with E-state index in [2.05, 4.69) is 26.0 Å². The Labute approximate surface area is 239 Å². The van der Waals surface area contributed by atoms with Gasteiger partial charge >= 0.3 is 0 Å². The summed E-state index contributed by atoms with van der Waals surface area (Å²) in [4.78, 5) is 33.6. The van der Waals surface area contributed by atoms with E-state index in [1.165, 1.54) is 35.4 Å². The number of carbonyl (C=O) groups is 2. The highest BCUT2D eigenvalue weighted by Gasteiger charge is 2.29. The van der Waals surface area contributed by atoms with Gasteiger partial charge in [-0.05, 0) is 62.4 Å². The first-order valence-electron chi connectivity index (χ1n) is 14.8. The molecule has 0 bridgehead atoms. The van der Waals surface area contributed by atoms with Crippen LogP contribution in [0.1, 0.15) is 92.9 Å². The number of nitrogens with zero attached hydrogens (tertiary/aromatic N) is 2. The van der Waals surface area contributed by atoms with E-state index in [1.807, 2.05) is 28.0 Å². The van der Waals surface area contributed by atoms with E-state index in [4.69, 9.17) is 9.47 Å². The van der Waals surface area contributed by atoms with Crippen molar-refractivity contribution < 1.29 is 19.1 Å². The lowest BCUT2D eigenvalue weighted by Crippen LogP contribution is -2.48. The fraction of sp³-hybridized carbons (Fsp3) is 0.625. The number of unbranched alkanes of at least 4 members (excludes halogenated alkanes) is 4. The van der Waals surface area contributed by atoms with Crippen molar-refractivity contribution in [3.63, 3.8) is 0 Å². The van der Waals surface area contributed by atoms with Crippen LogP contribution in [0.15, 0.2) is 30.3 Å². The SMILES string of the molecule is CCCCCCCC(=O)N(CC(=O)N(CCc1ccc(OC)c(OC)c1)Cc1ccc(C)s1)C1CCCCC1. The Morgan fingerprint density at radius 3 is 2.33 bits per heavy atom. The summed E-state index contributed by atoms with van der Waals surface area (Å²) in [6, 6.07) is 10.3. The Balaban J connectivity index is 1.72. The van der Waals surface area contributed by atoms with Crippen molar-refractivity contribution >= 4 is 23.2 Å². The average molecular weight is 557 g/mol. The first kappa shape index (κ1) is 31.0. The van der Waals surface area contributed by atoms with Crippen molar-refractivity contribution in [1.29, 1.82) is 0 Å². The lowest BCUT2D eigenvalue weighted by atomic mass is 9.93. The second kappa shape index (κ2) is 16.5. The highest BCUT2D eigenvalue weighted by atomic mass is 32.1. The maximum atomic E-state index is 13.9. The third-order valence-electron chi connectivity index (χ3n) is 7.75. The third-order valence-corrected chi connectivity index (χ3v) is 8.73. The van der Waals surface area contributed by atoms with E-state index in [0.717, 1.165) is 44.1 Å². The number of rotatable bonds is 16. The van der Waals surface area contributed by atoms with Gasteiger partial charge in [-0.3, -0.25) is 9.59 Å². The molecule has 1 aromatic heterocycles. The molecule has 1 fully saturated rings. The summed E-state index contributed by atoms with van der Waals surface area (Å²) in [6.07, 6.45) is 12.3. The number of hydrogen-bond donors (Lipinski definition) is 0. The number of amides is 2. The lowest BCUT2D eigenvalue weighted by molar-refractivity contribution is -0.143. The van der Waals surface area contributed by atoms with E-state index in [1.54, 1.807) is 25.6 Å². The van der Waals surface area contributed by atoms with Crippen molar-refractivity contribution in [2.45, 2.75) is 103 Å². The molecule has 0 N–H and O–H groups in total. The monoisotopic (exact) mass is 556 g/mol. The van der Waals surface area contributed by atoms with E-state index >= 15 is 0 Å². The van der Waals surface area contributed by atoms with Crippen LogP contribution in [0.4, 0.5) is 0 Å². The van der Waals surface area contributed by atoms with Crippen LogP contribution >= 0.6 is 11.3 Å². The zero-order chi connectivity index (χ0) is 28.0. The smallest absolute Gasteiger partial charge is 0.242 e. The number of aryl methyl sites for hydroxylation is 1. The van der Waals surface area contributed by atoms with Gasteiger partial charge < -0.3 is 19.3 Å².